The van der Waals surface area contributed by atoms with E-state index in [1.165, 1.54) is 19.9 Å². The number of hydrogen-bond acceptors (Lipinski definition) is 4. The molecule has 4 N–H and O–H groups in total. The van der Waals surface area contributed by atoms with E-state index in [-0.39, 0.29) is 10.9 Å². The van der Waals surface area contributed by atoms with Crippen molar-refractivity contribution in [2.75, 3.05) is 18.9 Å². The van der Waals surface area contributed by atoms with Gasteiger partial charge in [0.1, 0.15) is 4.90 Å². The molecule has 1 aromatic rings. The van der Waals surface area contributed by atoms with Crippen molar-refractivity contribution in [3.8, 4) is 0 Å². The van der Waals surface area contributed by atoms with Crippen LogP contribution in [0.15, 0.2) is 29.2 Å². The summed E-state index contributed by atoms with van der Waals surface area (Å²) in [6.07, 6.45) is 4.57. The van der Waals surface area contributed by atoms with E-state index in [0.29, 0.717) is 11.6 Å². The summed E-state index contributed by atoms with van der Waals surface area (Å²) < 4.78 is 26.3. The summed E-state index contributed by atoms with van der Waals surface area (Å²) in [7, 11) is -2.02. The number of nitrogens with one attached hydrogen (secondary N) is 2. The predicted octanol–water partition coefficient (Wildman–Crippen LogP) is 1.52. The van der Waals surface area contributed by atoms with Gasteiger partial charge in [0, 0.05) is 12.6 Å². The van der Waals surface area contributed by atoms with Gasteiger partial charge >= 0.3 is 0 Å². The van der Waals surface area contributed by atoms with Crippen molar-refractivity contribution in [2.45, 2.75) is 36.6 Å². The van der Waals surface area contributed by atoms with Gasteiger partial charge in [-0.25, -0.2) is 13.1 Å². The molecule has 112 valence electrons. The maximum absolute atomic E-state index is 12.0. The first kappa shape index (κ1) is 15.3. The first-order valence-corrected chi connectivity index (χ1v) is 8.55. The van der Waals surface area contributed by atoms with E-state index in [9.17, 15) is 8.42 Å². The van der Waals surface area contributed by atoms with Crippen LogP contribution in [0.3, 0.4) is 0 Å². The third-order valence-corrected chi connectivity index (χ3v) is 5.44. The Kier molecular flexibility index (Phi) is 5.01. The molecule has 1 saturated carbocycles. The molecule has 20 heavy (non-hydrogen) atoms. The summed E-state index contributed by atoms with van der Waals surface area (Å²) >= 11 is 0. The molecule has 1 aromatic carbocycles. The summed E-state index contributed by atoms with van der Waals surface area (Å²) in [5.74, 6) is 0.411. The molecule has 0 spiro atoms. The van der Waals surface area contributed by atoms with E-state index in [2.05, 4.69) is 10.0 Å². The monoisotopic (exact) mass is 297 g/mol. The molecule has 0 aromatic heterocycles. The molecule has 1 aliphatic rings. The second-order valence-electron chi connectivity index (χ2n) is 5.29. The van der Waals surface area contributed by atoms with Crippen LogP contribution >= 0.6 is 0 Å². The minimum absolute atomic E-state index is 0.212. The van der Waals surface area contributed by atoms with Crippen LogP contribution in [0.2, 0.25) is 0 Å². The Labute approximate surface area is 121 Å². The largest absolute Gasteiger partial charge is 0.384 e. The van der Waals surface area contributed by atoms with Crippen LogP contribution in [0.25, 0.3) is 0 Å². The zero-order valence-corrected chi connectivity index (χ0v) is 12.6. The van der Waals surface area contributed by atoms with Crippen molar-refractivity contribution < 1.29 is 8.42 Å². The van der Waals surface area contributed by atoms with Crippen LogP contribution in [0.5, 0.6) is 0 Å². The Balaban J connectivity index is 2.10. The van der Waals surface area contributed by atoms with E-state index < -0.39 is 10.0 Å². The van der Waals surface area contributed by atoms with Crippen molar-refractivity contribution in [2.24, 2.45) is 11.7 Å². The van der Waals surface area contributed by atoms with Crippen LogP contribution in [0.4, 0.5) is 5.69 Å². The standard InChI is InChI=1S/C14H23N3O2S/c1-16-20(18,19)14-9-5-4-8-13(14)17-10-11-6-2-3-7-12(11)15/h4-5,8-9,11-12,16-17H,2-3,6-7,10,15H2,1H3. The fraction of sp³-hybridized carbons (Fsp3) is 0.571. The van der Waals surface area contributed by atoms with E-state index in [1.54, 1.807) is 18.2 Å². The van der Waals surface area contributed by atoms with E-state index in [1.807, 2.05) is 6.07 Å². The van der Waals surface area contributed by atoms with Gasteiger partial charge in [0.25, 0.3) is 0 Å². The minimum atomic E-state index is -3.44. The average Bonchev–Trinajstić information content (AvgIpc) is 2.47. The Morgan fingerprint density at radius 3 is 2.65 bits per heavy atom. The lowest BCUT2D eigenvalue weighted by molar-refractivity contribution is 0.321. The number of anilines is 1. The lowest BCUT2D eigenvalue weighted by Crippen LogP contribution is -2.37. The second-order valence-corrected chi connectivity index (χ2v) is 7.15. The lowest BCUT2D eigenvalue weighted by atomic mass is 9.85. The average molecular weight is 297 g/mol. The molecule has 0 heterocycles. The van der Waals surface area contributed by atoms with Crippen LogP contribution in [-0.2, 0) is 10.0 Å². The van der Waals surface area contributed by atoms with Crippen molar-refractivity contribution in [1.82, 2.24) is 4.72 Å². The molecule has 0 aliphatic heterocycles. The number of nitrogens with two attached hydrogens (primary N) is 1. The minimum Gasteiger partial charge on any atom is -0.384 e. The molecule has 6 heteroatoms. The van der Waals surface area contributed by atoms with Gasteiger partial charge < -0.3 is 11.1 Å². The molecule has 2 atom stereocenters. The fourth-order valence-corrected chi connectivity index (χ4v) is 3.60. The molecule has 1 fully saturated rings. The Morgan fingerprint density at radius 1 is 1.25 bits per heavy atom. The molecule has 2 unspecified atom stereocenters. The number of hydrogen-bond donors (Lipinski definition) is 3. The summed E-state index contributed by atoms with van der Waals surface area (Å²) in [6.45, 7) is 0.720. The fourth-order valence-electron chi connectivity index (χ4n) is 2.69. The van der Waals surface area contributed by atoms with Gasteiger partial charge in [0.15, 0.2) is 0 Å². The van der Waals surface area contributed by atoms with Gasteiger partial charge in [-0.15, -0.1) is 0 Å². The van der Waals surface area contributed by atoms with Crippen molar-refractivity contribution in [1.29, 1.82) is 0 Å². The van der Waals surface area contributed by atoms with Crippen LogP contribution in [-0.4, -0.2) is 28.1 Å². The highest BCUT2D eigenvalue weighted by atomic mass is 32.2. The predicted molar refractivity (Wildman–Crippen MR) is 81.1 cm³/mol. The molecule has 0 saturated heterocycles. The second kappa shape index (κ2) is 6.56. The molecule has 2 rings (SSSR count). The smallest absolute Gasteiger partial charge is 0.242 e. The third kappa shape index (κ3) is 3.50. The van der Waals surface area contributed by atoms with Gasteiger partial charge in [0.05, 0.1) is 5.69 Å². The van der Waals surface area contributed by atoms with E-state index in [4.69, 9.17) is 5.73 Å². The molecular formula is C14H23N3O2S. The van der Waals surface area contributed by atoms with E-state index in [0.717, 1.165) is 19.4 Å². The quantitative estimate of drug-likeness (QED) is 0.769. The van der Waals surface area contributed by atoms with Crippen molar-refractivity contribution >= 4 is 15.7 Å². The summed E-state index contributed by atoms with van der Waals surface area (Å²) in [5, 5.41) is 3.25. The maximum Gasteiger partial charge on any atom is 0.242 e. The molecule has 0 radical (unpaired) electrons. The summed E-state index contributed by atoms with van der Waals surface area (Å²) in [6, 6.07) is 7.16. The molecule has 0 bridgehead atoms. The highest BCUT2D eigenvalue weighted by molar-refractivity contribution is 7.89. The van der Waals surface area contributed by atoms with Gasteiger partial charge in [0.2, 0.25) is 10.0 Å². The first-order chi connectivity index (χ1) is 9.54. The molecule has 0 amide bonds. The Morgan fingerprint density at radius 2 is 1.95 bits per heavy atom. The highest BCUT2D eigenvalue weighted by Crippen LogP contribution is 2.25. The number of benzene rings is 1. The SMILES string of the molecule is CNS(=O)(=O)c1ccccc1NCC1CCCCC1N. The lowest BCUT2D eigenvalue weighted by Gasteiger charge is -2.29. The Hall–Kier alpha value is -1.11. The number of sulfonamides is 1. The normalized spacial score (nSPS) is 23.5. The first-order valence-electron chi connectivity index (χ1n) is 7.06. The van der Waals surface area contributed by atoms with Gasteiger partial charge in [-0.2, -0.15) is 0 Å². The Bertz CT molecular complexity index is 545. The van der Waals surface area contributed by atoms with Gasteiger partial charge in [-0.05, 0) is 37.9 Å². The van der Waals surface area contributed by atoms with Crippen molar-refractivity contribution in [3.63, 3.8) is 0 Å². The maximum atomic E-state index is 12.0. The topological polar surface area (TPSA) is 84.2 Å². The summed E-state index contributed by atoms with van der Waals surface area (Å²) in [5.41, 5.74) is 6.76. The number of rotatable bonds is 5. The third-order valence-electron chi connectivity index (χ3n) is 3.97. The molecule has 1 aliphatic carbocycles. The molecule has 5 nitrogen and oxygen atoms in total. The van der Waals surface area contributed by atoms with Crippen LogP contribution in [0, 0.1) is 5.92 Å². The van der Waals surface area contributed by atoms with Crippen LogP contribution < -0.4 is 15.8 Å². The zero-order chi connectivity index (χ0) is 14.6. The summed E-state index contributed by atoms with van der Waals surface area (Å²) in [4.78, 5) is 0.284. The van der Waals surface area contributed by atoms with Gasteiger partial charge in [-0.3, -0.25) is 0 Å². The van der Waals surface area contributed by atoms with Crippen molar-refractivity contribution in [3.05, 3.63) is 24.3 Å². The highest BCUT2D eigenvalue weighted by Gasteiger charge is 2.22. The number of para-hydroxylation sites is 1. The van der Waals surface area contributed by atoms with Crippen LogP contribution in [0.1, 0.15) is 25.7 Å². The van der Waals surface area contributed by atoms with E-state index >= 15 is 0 Å². The van der Waals surface area contributed by atoms with Gasteiger partial charge in [-0.1, -0.05) is 25.0 Å². The zero-order valence-electron chi connectivity index (χ0n) is 11.8. The molecular weight excluding hydrogens is 274 g/mol.